The third kappa shape index (κ3) is 3.33. The minimum Gasteiger partial charge on any atom is -0.198 e. The highest BCUT2D eigenvalue weighted by molar-refractivity contribution is 5.41. The molecule has 0 saturated carbocycles. The van der Waals surface area contributed by atoms with Gasteiger partial charge in [0, 0.05) is 5.92 Å². The second-order valence-corrected chi connectivity index (χ2v) is 5.82. The van der Waals surface area contributed by atoms with Crippen LogP contribution in [0.5, 0.6) is 0 Å². The zero-order valence-corrected chi connectivity index (χ0v) is 13.2. The van der Waals surface area contributed by atoms with Crippen molar-refractivity contribution >= 4 is 0 Å². The van der Waals surface area contributed by atoms with Gasteiger partial charge in [-0.15, -0.1) is 0 Å². The first-order chi connectivity index (χ1) is 11.3. The van der Waals surface area contributed by atoms with Gasteiger partial charge in [0.1, 0.15) is 0 Å². The standard InChI is InChI=1S/C22H19N/c1-17-12-14-18(15-13-17)21(16-23)22(19-8-4-2-5-9-19)20-10-6-3-7-11-20/h2-15,21-22H,1H3. The Hall–Kier alpha value is -2.85. The molecule has 1 nitrogen and oxygen atoms in total. The van der Waals surface area contributed by atoms with Gasteiger partial charge in [-0.05, 0) is 23.6 Å². The van der Waals surface area contributed by atoms with Crippen LogP contribution in [0.3, 0.4) is 0 Å². The molecule has 3 aromatic rings. The first kappa shape index (κ1) is 15.1. The van der Waals surface area contributed by atoms with Gasteiger partial charge in [0.15, 0.2) is 0 Å². The van der Waals surface area contributed by atoms with Crippen LogP contribution in [-0.4, -0.2) is 0 Å². The third-order valence-electron chi connectivity index (χ3n) is 4.23. The van der Waals surface area contributed by atoms with Crippen molar-refractivity contribution in [2.24, 2.45) is 0 Å². The van der Waals surface area contributed by atoms with E-state index in [1.54, 1.807) is 0 Å². The Kier molecular flexibility index (Phi) is 4.54. The lowest BCUT2D eigenvalue weighted by atomic mass is 9.78. The van der Waals surface area contributed by atoms with Crippen molar-refractivity contribution in [3.05, 3.63) is 107 Å². The fourth-order valence-electron chi connectivity index (χ4n) is 3.01. The van der Waals surface area contributed by atoms with E-state index in [-0.39, 0.29) is 11.8 Å². The fourth-order valence-corrected chi connectivity index (χ4v) is 3.01. The number of hydrogen-bond acceptors (Lipinski definition) is 1. The average Bonchev–Trinajstić information content (AvgIpc) is 2.62. The molecule has 1 unspecified atom stereocenters. The number of hydrogen-bond donors (Lipinski definition) is 0. The molecule has 0 aliphatic carbocycles. The molecule has 0 saturated heterocycles. The van der Waals surface area contributed by atoms with E-state index < -0.39 is 0 Å². The van der Waals surface area contributed by atoms with Gasteiger partial charge in [-0.3, -0.25) is 0 Å². The second-order valence-electron chi connectivity index (χ2n) is 5.82. The molecule has 0 bridgehead atoms. The second kappa shape index (κ2) is 6.94. The first-order valence-electron chi connectivity index (χ1n) is 7.85. The summed E-state index contributed by atoms with van der Waals surface area (Å²) in [6, 6.07) is 31.4. The van der Waals surface area contributed by atoms with E-state index >= 15 is 0 Å². The van der Waals surface area contributed by atoms with Crippen molar-refractivity contribution in [3.8, 4) is 6.07 Å². The predicted molar refractivity (Wildman–Crippen MR) is 94.3 cm³/mol. The maximum Gasteiger partial charge on any atom is 0.0821 e. The quantitative estimate of drug-likeness (QED) is 0.629. The molecule has 112 valence electrons. The Morgan fingerprint density at radius 3 is 1.57 bits per heavy atom. The summed E-state index contributed by atoms with van der Waals surface area (Å²) in [5, 5.41) is 9.89. The SMILES string of the molecule is Cc1ccc(C(C#N)C(c2ccccc2)c2ccccc2)cc1. The number of nitrogens with zero attached hydrogens (tertiary/aromatic N) is 1. The van der Waals surface area contributed by atoms with Gasteiger partial charge in [0.05, 0.1) is 12.0 Å². The zero-order chi connectivity index (χ0) is 16.1. The van der Waals surface area contributed by atoms with E-state index in [1.165, 1.54) is 16.7 Å². The molecule has 23 heavy (non-hydrogen) atoms. The van der Waals surface area contributed by atoms with E-state index in [0.29, 0.717) is 0 Å². The smallest absolute Gasteiger partial charge is 0.0821 e. The summed E-state index contributed by atoms with van der Waals surface area (Å²) in [4.78, 5) is 0. The summed E-state index contributed by atoms with van der Waals surface area (Å²) in [5.74, 6) is -0.175. The van der Waals surface area contributed by atoms with Gasteiger partial charge in [0.2, 0.25) is 0 Å². The van der Waals surface area contributed by atoms with E-state index in [2.05, 4.69) is 61.5 Å². The summed E-state index contributed by atoms with van der Waals surface area (Å²) in [6.45, 7) is 2.07. The van der Waals surface area contributed by atoms with E-state index in [0.717, 1.165) is 5.56 Å². The predicted octanol–water partition coefficient (Wildman–Crippen LogP) is 5.43. The van der Waals surface area contributed by atoms with Crippen LogP contribution in [0.25, 0.3) is 0 Å². The molecule has 0 aliphatic heterocycles. The van der Waals surface area contributed by atoms with Crippen LogP contribution in [0.2, 0.25) is 0 Å². The number of aryl methyl sites for hydroxylation is 1. The van der Waals surface area contributed by atoms with Crippen LogP contribution in [0.15, 0.2) is 84.9 Å². The molecular weight excluding hydrogens is 278 g/mol. The average molecular weight is 297 g/mol. The van der Waals surface area contributed by atoms with E-state index in [1.807, 2.05) is 36.4 Å². The maximum absolute atomic E-state index is 9.89. The normalized spacial score (nSPS) is 11.9. The van der Waals surface area contributed by atoms with Crippen molar-refractivity contribution in [3.63, 3.8) is 0 Å². The highest BCUT2D eigenvalue weighted by atomic mass is 14.3. The summed E-state index contributed by atoms with van der Waals surface area (Å²) < 4.78 is 0. The Bertz CT molecular complexity index is 743. The number of rotatable bonds is 4. The Labute approximate surface area is 137 Å². The van der Waals surface area contributed by atoms with Crippen molar-refractivity contribution < 1.29 is 0 Å². The molecule has 0 radical (unpaired) electrons. The molecule has 0 aromatic heterocycles. The molecule has 0 fully saturated rings. The number of nitriles is 1. The molecule has 0 aliphatic rings. The van der Waals surface area contributed by atoms with Crippen molar-refractivity contribution in [1.29, 1.82) is 5.26 Å². The molecule has 1 heteroatoms. The topological polar surface area (TPSA) is 23.8 Å². The lowest BCUT2D eigenvalue weighted by Crippen LogP contribution is -2.11. The van der Waals surface area contributed by atoms with Crippen LogP contribution < -0.4 is 0 Å². The Morgan fingerprint density at radius 2 is 1.13 bits per heavy atom. The zero-order valence-electron chi connectivity index (χ0n) is 13.2. The summed E-state index contributed by atoms with van der Waals surface area (Å²) >= 11 is 0. The first-order valence-corrected chi connectivity index (χ1v) is 7.85. The molecule has 1 atom stereocenters. The van der Waals surface area contributed by atoms with Crippen molar-refractivity contribution in [2.75, 3.05) is 0 Å². The lowest BCUT2D eigenvalue weighted by molar-refractivity contribution is 0.726. The van der Waals surface area contributed by atoms with E-state index in [9.17, 15) is 5.26 Å². The highest BCUT2D eigenvalue weighted by Crippen LogP contribution is 2.38. The van der Waals surface area contributed by atoms with Gasteiger partial charge in [-0.25, -0.2) is 0 Å². The third-order valence-corrected chi connectivity index (χ3v) is 4.23. The van der Waals surface area contributed by atoms with Crippen LogP contribution in [-0.2, 0) is 0 Å². The van der Waals surface area contributed by atoms with Gasteiger partial charge < -0.3 is 0 Å². The van der Waals surface area contributed by atoms with Crippen LogP contribution >= 0.6 is 0 Å². The minimum absolute atomic E-state index is 0.0325. The van der Waals surface area contributed by atoms with Crippen molar-refractivity contribution in [2.45, 2.75) is 18.8 Å². The van der Waals surface area contributed by atoms with Crippen LogP contribution in [0, 0.1) is 18.3 Å². The molecule has 0 heterocycles. The van der Waals surface area contributed by atoms with Gasteiger partial charge >= 0.3 is 0 Å². The van der Waals surface area contributed by atoms with Crippen LogP contribution in [0.4, 0.5) is 0 Å². The maximum atomic E-state index is 9.89. The number of benzene rings is 3. The van der Waals surface area contributed by atoms with E-state index in [4.69, 9.17) is 0 Å². The van der Waals surface area contributed by atoms with Gasteiger partial charge in [-0.2, -0.15) is 5.26 Å². The fraction of sp³-hybridized carbons (Fsp3) is 0.136. The molecule has 0 amide bonds. The molecule has 3 aromatic carbocycles. The summed E-state index contributed by atoms with van der Waals surface area (Å²) in [6.07, 6.45) is 0. The molecular formula is C22H19N. The van der Waals surface area contributed by atoms with Gasteiger partial charge in [-0.1, -0.05) is 90.5 Å². The lowest BCUT2D eigenvalue weighted by Gasteiger charge is -2.23. The van der Waals surface area contributed by atoms with Gasteiger partial charge in [0.25, 0.3) is 0 Å². The summed E-state index contributed by atoms with van der Waals surface area (Å²) in [5.41, 5.74) is 4.62. The van der Waals surface area contributed by atoms with Crippen LogP contribution in [0.1, 0.15) is 34.1 Å². The monoisotopic (exact) mass is 297 g/mol. The minimum atomic E-state index is -0.208. The summed E-state index contributed by atoms with van der Waals surface area (Å²) in [7, 11) is 0. The molecule has 0 N–H and O–H groups in total. The Morgan fingerprint density at radius 1 is 0.652 bits per heavy atom. The highest BCUT2D eigenvalue weighted by Gasteiger charge is 2.26. The van der Waals surface area contributed by atoms with Crippen molar-refractivity contribution in [1.82, 2.24) is 0 Å². The molecule has 0 spiro atoms. The largest absolute Gasteiger partial charge is 0.198 e. The molecule has 3 rings (SSSR count). The Balaban J connectivity index is 2.10.